The molecule has 0 unspecified atom stereocenters. The smallest absolute Gasteiger partial charge is 0.343 e. The van der Waals surface area contributed by atoms with Gasteiger partial charge in [0.05, 0.1) is 29.0 Å². The van der Waals surface area contributed by atoms with Gasteiger partial charge in [-0.2, -0.15) is 17.0 Å². The highest BCUT2D eigenvalue weighted by Gasteiger charge is 2.45. The second-order valence-electron chi connectivity index (χ2n) is 10.5. The van der Waals surface area contributed by atoms with Crippen molar-refractivity contribution in [1.29, 1.82) is 0 Å². The van der Waals surface area contributed by atoms with Gasteiger partial charge in [-0.3, -0.25) is 9.69 Å². The number of benzene rings is 1. The molecule has 0 saturated carbocycles. The Kier molecular flexibility index (Phi) is 6.16. The largest absolute Gasteiger partial charge is 0.458 e. The predicted molar refractivity (Wildman–Crippen MR) is 144 cm³/mol. The summed E-state index contributed by atoms with van der Waals surface area (Å²) >= 11 is 0. The normalized spacial score (nSPS) is 21.6. The van der Waals surface area contributed by atoms with E-state index >= 15 is 0 Å². The molecule has 0 spiro atoms. The Labute approximate surface area is 226 Å². The number of piperazine rings is 1. The monoisotopic (exact) mass is 553 g/mol. The van der Waals surface area contributed by atoms with Gasteiger partial charge < -0.3 is 14.4 Å². The molecule has 39 heavy (non-hydrogen) atoms. The van der Waals surface area contributed by atoms with Crippen molar-refractivity contribution in [3.05, 3.63) is 62.9 Å². The number of carbonyl (C=O) groups excluding carboxylic acids is 1. The van der Waals surface area contributed by atoms with Crippen LogP contribution in [0, 0.1) is 0 Å². The number of nitrogens with zero attached hydrogens (tertiary/aromatic N) is 5. The highest BCUT2D eigenvalue weighted by atomic mass is 32.2. The quantitative estimate of drug-likeness (QED) is 0.363. The molecule has 6 rings (SSSR count). The van der Waals surface area contributed by atoms with Gasteiger partial charge in [0, 0.05) is 63.3 Å². The molecule has 2 aromatic heterocycles. The summed E-state index contributed by atoms with van der Waals surface area (Å²) in [4.78, 5) is 33.3. The minimum Gasteiger partial charge on any atom is -0.458 e. The van der Waals surface area contributed by atoms with Gasteiger partial charge in [0.15, 0.2) is 5.60 Å². The van der Waals surface area contributed by atoms with E-state index in [9.17, 15) is 23.1 Å². The fraction of sp³-hybridized carbons (Fsp3) is 0.444. The number of cyclic esters (lactones) is 1. The summed E-state index contributed by atoms with van der Waals surface area (Å²) in [5.74, 6) is -0.748. The third-order valence-electron chi connectivity index (χ3n) is 8.21. The van der Waals surface area contributed by atoms with Crippen LogP contribution >= 0.6 is 0 Å². The van der Waals surface area contributed by atoms with Crippen LogP contribution in [0.25, 0.3) is 22.3 Å². The second-order valence-corrected chi connectivity index (χ2v) is 12.6. The maximum absolute atomic E-state index is 13.6. The van der Waals surface area contributed by atoms with Crippen LogP contribution in [-0.4, -0.2) is 82.8 Å². The third-order valence-corrected chi connectivity index (χ3v) is 10.2. The summed E-state index contributed by atoms with van der Waals surface area (Å²) in [6.45, 7) is 4.33. The minimum absolute atomic E-state index is 0.0838. The number of fused-ring (bicyclic) bond motifs is 5. The van der Waals surface area contributed by atoms with Crippen molar-refractivity contribution in [3.63, 3.8) is 0 Å². The molecule has 0 amide bonds. The lowest BCUT2D eigenvalue weighted by atomic mass is 9.86. The number of para-hydroxylation sites is 1. The number of carbonyl (C=O) groups is 1. The molecule has 0 radical (unpaired) electrons. The van der Waals surface area contributed by atoms with E-state index in [1.165, 1.54) is 22.7 Å². The molecule has 3 aliphatic rings. The van der Waals surface area contributed by atoms with Gasteiger partial charge in [-0.05, 0) is 24.1 Å². The highest BCUT2D eigenvalue weighted by molar-refractivity contribution is 7.86. The highest BCUT2D eigenvalue weighted by Crippen LogP contribution is 2.40. The van der Waals surface area contributed by atoms with Gasteiger partial charge in [0.1, 0.15) is 6.61 Å². The Morgan fingerprint density at radius 2 is 1.82 bits per heavy atom. The Balaban J connectivity index is 1.42. The van der Waals surface area contributed by atoms with E-state index in [2.05, 4.69) is 4.90 Å². The van der Waals surface area contributed by atoms with Gasteiger partial charge in [-0.25, -0.2) is 9.78 Å². The van der Waals surface area contributed by atoms with Gasteiger partial charge in [0.25, 0.3) is 15.8 Å². The number of hydrogen-bond acceptors (Lipinski definition) is 8. The number of esters is 1. The fourth-order valence-corrected chi connectivity index (χ4v) is 6.95. The number of aliphatic hydroxyl groups is 1. The summed E-state index contributed by atoms with van der Waals surface area (Å²) in [5.41, 5.74) is 2.39. The first-order valence-corrected chi connectivity index (χ1v) is 14.4. The molecule has 3 aliphatic heterocycles. The average Bonchev–Trinajstić information content (AvgIpc) is 3.30. The van der Waals surface area contributed by atoms with Crippen molar-refractivity contribution in [1.82, 2.24) is 23.1 Å². The Bertz CT molecular complexity index is 1680. The lowest BCUT2D eigenvalue weighted by Gasteiger charge is -2.35. The molecule has 0 bridgehead atoms. The molecule has 1 N–H and O–H groups in total. The maximum atomic E-state index is 13.6. The summed E-state index contributed by atoms with van der Waals surface area (Å²) in [7, 11) is -0.395. The minimum atomic E-state index is -3.47. The zero-order valence-corrected chi connectivity index (χ0v) is 23.0. The molecule has 1 aromatic carbocycles. The molecule has 1 atom stereocenters. The van der Waals surface area contributed by atoms with Crippen molar-refractivity contribution in [3.8, 4) is 11.4 Å². The summed E-state index contributed by atoms with van der Waals surface area (Å²) in [5, 5.41) is 12.1. The summed E-state index contributed by atoms with van der Waals surface area (Å²) in [6, 6.07) is 9.54. The number of hydrogen-bond donors (Lipinski definition) is 1. The van der Waals surface area contributed by atoms with E-state index in [1.807, 2.05) is 24.3 Å². The lowest BCUT2D eigenvalue weighted by molar-refractivity contribution is -0.172. The molecular formula is C27H31N5O6S. The van der Waals surface area contributed by atoms with Crippen molar-refractivity contribution in [2.75, 3.05) is 40.3 Å². The molecule has 3 aromatic rings. The molecule has 5 heterocycles. The maximum Gasteiger partial charge on any atom is 0.343 e. The number of aromatic nitrogens is 2. The number of pyridine rings is 2. The van der Waals surface area contributed by atoms with Crippen LogP contribution in [0.5, 0.6) is 0 Å². The van der Waals surface area contributed by atoms with Crippen LogP contribution in [0.1, 0.15) is 35.6 Å². The van der Waals surface area contributed by atoms with Crippen LogP contribution in [0.2, 0.25) is 0 Å². The topological polar surface area (TPSA) is 125 Å². The molecular weight excluding hydrogens is 522 g/mol. The van der Waals surface area contributed by atoms with Crippen LogP contribution in [0.3, 0.4) is 0 Å². The second kappa shape index (κ2) is 9.20. The van der Waals surface area contributed by atoms with E-state index in [0.717, 1.165) is 22.0 Å². The Morgan fingerprint density at radius 1 is 1.10 bits per heavy atom. The van der Waals surface area contributed by atoms with Crippen LogP contribution in [-0.2, 0) is 45.0 Å². The van der Waals surface area contributed by atoms with Crippen molar-refractivity contribution >= 4 is 27.1 Å². The zero-order chi connectivity index (χ0) is 27.7. The third kappa shape index (κ3) is 3.93. The van der Waals surface area contributed by atoms with E-state index in [1.54, 1.807) is 17.6 Å². The van der Waals surface area contributed by atoms with Gasteiger partial charge in [0.2, 0.25) is 0 Å². The van der Waals surface area contributed by atoms with Gasteiger partial charge >= 0.3 is 5.97 Å². The molecule has 12 heteroatoms. The first-order valence-electron chi connectivity index (χ1n) is 13.0. The average molecular weight is 554 g/mol. The van der Waals surface area contributed by atoms with Crippen molar-refractivity contribution < 1.29 is 23.1 Å². The van der Waals surface area contributed by atoms with Crippen LogP contribution in [0.4, 0.5) is 0 Å². The van der Waals surface area contributed by atoms with Gasteiger partial charge in [-0.1, -0.05) is 25.1 Å². The standard InChI is InChI=1S/C27H31N5O6S/c1-4-27(35)21-13-23-24-19(15-32(23)25(33)20(21)16-38-26(27)34)18(17-7-5-6-8-22(17)28-24)14-30-9-11-31(12-10-30)39(36,37)29(2)3/h5-8,13,35H,4,9-12,14-16H2,1-3H3/t27-/m0/s1. The lowest BCUT2D eigenvalue weighted by Crippen LogP contribution is -2.51. The zero-order valence-electron chi connectivity index (χ0n) is 22.2. The summed E-state index contributed by atoms with van der Waals surface area (Å²) in [6.07, 6.45) is 0.0838. The van der Waals surface area contributed by atoms with E-state index < -0.39 is 21.8 Å². The number of rotatable bonds is 5. The first-order chi connectivity index (χ1) is 18.6. The first kappa shape index (κ1) is 26.1. The molecule has 0 aliphatic carbocycles. The number of ether oxygens (including phenoxy) is 1. The predicted octanol–water partition coefficient (Wildman–Crippen LogP) is 1.00. The van der Waals surface area contributed by atoms with Crippen LogP contribution < -0.4 is 5.56 Å². The fourth-order valence-electron chi connectivity index (χ4n) is 5.87. The molecule has 11 nitrogen and oxygen atoms in total. The molecule has 206 valence electrons. The van der Waals surface area contributed by atoms with Crippen LogP contribution in [0.15, 0.2) is 35.1 Å². The van der Waals surface area contributed by atoms with E-state index in [4.69, 9.17) is 9.72 Å². The van der Waals surface area contributed by atoms with Crippen molar-refractivity contribution in [2.45, 2.75) is 38.6 Å². The SMILES string of the molecule is CC[C@@]1(O)C(=O)OCc2c1cc1n(c2=O)Cc2c-1nc1ccccc1c2CN1CCN(S(=O)(=O)N(C)C)CC1. The Hall–Kier alpha value is -3.16. The summed E-state index contributed by atoms with van der Waals surface area (Å²) < 4.78 is 34.7. The molecule has 1 saturated heterocycles. The Morgan fingerprint density at radius 3 is 2.51 bits per heavy atom. The van der Waals surface area contributed by atoms with E-state index in [-0.39, 0.29) is 18.6 Å². The van der Waals surface area contributed by atoms with Gasteiger partial charge in [-0.15, -0.1) is 0 Å². The van der Waals surface area contributed by atoms with E-state index in [0.29, 0.717) is 61.8 Å². The van der Waals surface area contributed by atoms with Crippen molar-refractivity contribution in [2.24, 2.45) is 0 Å². The molecule has 1 fully saturated rings.